The van der Waals surface area contributed by atoms with E-state index in [-0.39, 0.29) is 11.3 Å². The first-order chi connectivity index (χ1) is 12.0. The molecule has 0 radical (unpaired) electrons. The smallest absolute Gasteiger partial charge is 0.280 e. The van der Waals surface area contributed by atoms with Crippen LogP contribution in [0.4, 0.5) is 13.2 Å². The van der Waals surface area contributed by atoms with E-state index in [4.69, 9.17) is 10.00 Å². The van der Waals surface area contributed by atoms with Gasteiger partial charge in [-0.2, -0.15) is 5.26 Å². The predicted octanol–water partition coefficient (Wildman–Crippen LogP) is 3.42. The molecule has 1 aliphatic rings. The second-order valence-corrected chi connectivity index (χ2v) is 7.89. The second-order valence-electron chi connectivity index (χ2n) is 5.90. The summed E-state index contributed by atoms with van der Waals surface area (Å²) in [5.41, 5.74) is -1.38. The summed E-state index contributed by atoms with van der Waals surface area (Å²) >= 11 is 0. The van der Waals surface area contributed by atoms with E-state index in [9.17, 15) is 26.7 Å². The minimum absolute atomic E-state index is 0.166. The average Bonchev–Trinajstić information content (AvgIpc) is 2.78. The molecule has 0 spiro atoms. The van der Waals surface area contributed by atoms with Crippen molar-refractivity contribution < 1.29 is 31.4 Å². The van der Waals surface area contributed by atoms with Crippen LogP contribution in [-0.2, 0) is 15.8 Å². The van der Waals surface area contributed by atoms with E-state index in [0.717, 1.165) is 36.6 Å². The van der Waals surface area contributed by atoms with E-state index in [0.29, 0.717) is 0 Å². The number of nitrogens with zero attached hydrogens (tertiary/aromatic N) is 1. The summed E-state index contributed by atoms with van der Waals surface area (Å²) in [6.07, 6.45) is -1.82. The van der Waals surface area contributed by atoms with Crippen LogP contribution >= 0.6 is 0 Å². The van der Waals surface area contributed by atoms with Crippen molar-refractivity contribution in [3.63, 3.8) is 0 Å². The highest BCUT2D eigenvalue weighted by molar-refractivity contribution is 7.90. The third-order valence-electron chi connectivity index (χ3n) is 4.00. The Kier molecular flexibility index (Phi) is 4.21. The Morgan fingerprint density at radius 3 is 2.54 bits per heavy atom. The number of hydrogen-bond acceptors (Lipinski definition) is 5. The zero-order chi connectivity index (χ0) is 19.3. The molecule has 26 heavy (non-hydrogen) atoms. The minimum atomic E-state index is -3.87. The van der Waals surface area contributed by atoms with Crippen LogP contribution in [0.25, 0.3) is 0 Å². The van der Waals surface area contributed by atoms with E-state index in [1.54, 1.807) is 6.07 Å². The third-order valence-corrected chi connectivity index (χ3v) is 5.15. The van der Waals surface area contributed by atoms with Crippen LogP contribution in [0.15, 0.2) is 35.2 Å². The maximum Gasteiger partial charge on any atom is 0.280 e. The molecule has 3 rings (SSSR count). The number of halogens is 3. The summed E-state index contributed by atoms with van der Waals surface area (Å²) in [6.45, 7) is 0. The van der Waals surface area contributed by atoms with Crippen LogP contribution in [0.1, 0.15) is 29.2 Å². The Morgan fingerprint density at radius 1 is 1.27 bits per heavy atom. The van der Waals surface area contributed by atoms with Gasteiger partial charge in [-0.05, 0) is 30.3 Å². The van der Waals surface area contributed by atoms with Crippen molar-refractivity contribution in [3.8, 4) is 17.6 Å². The van der Waals surface area contributed by atoms with Gasteiger partial charge in [0.15, 0.2) is 9.84 Å². The lowest BCUT2D eigenvalue weighted by atomic mass is 10.1. The van der Waals surface area contributed by atoms with Crippen LogP contribution in [0.2, 0.25) is 0 Å². The summed E-state index contributed by atoms with van der Waals surface area (Å²) in [6, 6.07) is 6.77. The van der Waals surface area contributed by atoms with Crippen molar-refractivity contribution in [2.75, 3.05) is 6.26 Å². The molecule has 0 aliphatic heterocycles. The average molecular weight is 383 g/mol. The van der Waals surface area contributed by atoms with Crippen molar-refractivity contribution >= 4 is 9.84 Å². The lowest BCUT2D eigenvalue weighted by Crippen LogP contribution is -2.11. The second kappa shape index (κ2) is 6.00. The van der Waals surface area contributed by atoms with Crippen molar-refractivity contribution in [2.45, 2.75) is 23.3 Å². The Labute approximate surface area is 147 Å². The molecule has 2 aromatic rings. The van der Waals surface area contributed by atoms with Crippen molar-refractivity contribution in [1.29, 1.82) is 5.26 Å². The highest BCUT2D eigenvalue weighted by Crippen LogP contribution is 2.53. The number of benzene rings is 2. The Balaban J connectivity index is 2.21. The lowest BCUT2D eigenvalue weighted by Gasteiger charge is -2.17. The third kappa shape index (κ3) is 3.02. The monoisotopic (exact) mass is 383 g/mol. The molecule has 0 amide bonds. The molecule has 0 saturated carbocycles. The fourth-order valence-corrected chi connectivity index (χ4v) is 3.89. The first-order valence-electron chi connectivity index (χ1n) is 7.35. The molecule has 136 valence electrons. The number of alkyl halides is 2. The van der Waals surface area contributed by atoms with Crippen LogP contribution in [0.3, 0.4) is 0 Å². The van der Waals surface area contributed by atoms with Gasteiger partial charge in [0.1, 0.15) is 23.4 Å². The number of sulfone groups is 1. The largest absolute Gasteiger partial charge is 0.455 e. The zero-order valence-electron chi connectivity index (χ0n) is 13.3. The Hall–Kier alpha value is -2.57. The summed E-state index contributed by atoms with van der Waals surface area (Å²) < 4.78 is 71.2. The maximum atomic E-state index is 14.4. The molecule has 9 heteroatoms. The number of aliphatic hydroxyl groups is 1. The van der Waals surface area contributed by atoms with Gasteiger partial charge in [0.2, 0.25) is 0 Å². The molecule has 0 bridgehead atoms. The molecule has 0 aromatic heterocycles. The van der Waals surface area contributed by atoms with E-state index in [2.05, 4.69) is 0 Å². The van der Waals surface area contributed by atoms with Crippen LogP contribution in [-0.4, -0.2) is 19.8 Å². The number of nitriles is 1. The van der Waals surface area contributed by atoms with Gasteiger partial charge in [-0.1, -0.05) is 0 Å². The molecule has 5 nitrogen and oxygen atoms in total. The fourth-order valence-electron chi connectivity index (χ4n) is 2.94. The van der Waals surface area contributed by atoms with Crippen LogP contribution in [0, 0.1) is 17.1 Å². The lowest BCUT2D eigenvalue weighted by molar-refractivity contribution is -0.0306. The van der Waals surface area contributed by atoms with Gasteiger partial charge in [0, 0.05) is 18.2 Å². The Bertz CT molecular complexity index is 1040. The Morgan fingerprint density at radius 2 is 1.92 bits per heavy atom. The standard InChI is InChI=1S/C17H12F3NO4S/c1-26(23,24)14-5-4-13(16-15(14)11(22)7-17(16,19)20)25-12-3-2-10(18)6-9(12)8-21/h2-6,11,22H,7H2,1H3/t11-/m1/s1. The van der Waals surface area contributed by atoms with Gasteiger partial charge in [0.25, 0.3) is 5.92 Å². The first-order valence-corrected chi connectivity index (χ1v) is 9.24. The van der Waals surface area contributed by atoms with Gasteiger partial charge < -0.3 is 9.84 Å². The summed E-state index contributed by atoms with van der Waals surface area (Å²) in [7, 11) is -3.87. The van der Waals surface area contributed by atoms with Gasteiger partial charge >= 0.3 is 0 Å². The van der Waals surface area contributed by atoms with Crippen molar-refractivity contribution in [2.24, 2.45) is 0 Å². The molecule has 0 fully saturated rings. The summed E-state index contributed by atoms with van der Waals surface area (Å²) in [5, 5.41) is 19.0. The van der Waals surface area contributed by atoms with Crippen molar-refractivity contribution in [1.82, 2.24) is 0 Å². The number of fused-ring (bicyclic) bond motifs is 1. The molecule has 1 N–H and O–H groups in total. The summed E-state index contributed by atoms with van der Waals surface area (Å²) in [4.78, 5) is -0.413. The van der Waals surface area contributed by atoms with Gasteiger partial charge in [0.05, 0.1) is 22.1 Å². The van der Waals surface area contributed by atoms with Gasteiger partial charge in [-0.25, -0.2) is 21.6 Å². The molecule has 0 saturated heterocycles. The number of hydrogen-bond donors (Lipinski definition) is 1. The van der Waals surface area contributed by atoms with Crippen LogP contribution in [0.5, 0.6) is 11.5 Å². The molecular formula is C17H12F3NO4S. The number of rotatable bonds is 3. The highest BCUT2D eigenvalue weighted by atomic mass is 32.2. The van der Waals surface area contributed by atoms with E-state index in [1.807, 2.05) is 0 Å². The highest BCUT2D eigenvalue weighted by Gasteiger charge is 2.49. The van der Waals surface area contributed by atoms with E-state index < -0.39 is 55.9 Å². The molecular weight excluding hydrogens is 371 g/mol. The maximum absolute atomic E-state index is 14.4. The quantitative estimate of drug-likeness (QED) is 0.878. The van der Waals surface area contributed by atoms with Crippen molar-refractivity contribution in [3.05, 3.63) is 52.8 Å². The topological polar surface area (TPSA) is 87.4 Å². The van der Waals surface area contributed by atoms with Gasteiger partial charge in [-0.3, -0.25) is 0 Å². The minimum Gasteiger partial charge on any atom is -0.455 e. The first kappa shape index (κ1) is 18.2. The molecule has 2 aromatic carbocycles. The molecule has 1 atom stereocenters. The van der Waals surface area contributed by atoms with Gasteiger partial charge in [-0.15, -0.1) is 0 Å². The molecule has 0 unspecified atom stereocenters. The fraction of sp³-hybridized carbons (Fsp3) is 0.235. The summed E-state index contributed by atoms with van der Waals surface area (Å²) in [5.74, 6) is -4.80. The molecule has 1 aliphatic carbocycles. The molecule has 0 heterocycles. The van der Waals surface area contributed by atoms with E-state index in [1.165, 1.54) is 0 Å². The normalized spacial score (nSPS) is 18.2. The van der Waals surface area contributed by atoms with Crippen LogP contribution < -0.4 is 4.74 Å². The number of ether oxygens (including phenoxy) is 1. The predicted molar refractivity (Wildman–Crippen MR) is 84.2 cm³/mol. The van der Waals surface area contributed by atoms with E-state index >= 15 is 0 Å². The number of aliphatic hydroxyl groups excluding tert-OH is 1. The zero-order valence-corrected chi connectivity index (χ0v) is 14.1. The SMILES string of the molecule is CS(=O)(=O)c1ccc(Oc2ccc(F)cc2C#N)c2c1[C@H](O)CC2(F)F.